The van der Waals surface area contributed by atoms with Crippen molar-refractivity contribution in [2.75, 3.05) is 13.1 Å². The fraction of sp³-hybridized carbons (Fsp3) is 0.500. The van der Waals surface area contributed by atoms with E-state index < -0.39 is 0 Å². The first-order chi connectivity index (χ1) is 13.3. The summed E-state index contributed by atoms with van der Waals surface area (Å²) in [5.74, 6) is 0.953. The Morgan fingerprint density at radius 3 is 2.46 bits per heavy atom. The molecule has 2 heterocycles. The number of amides is 1. The van der Waals surface area contributed by atoms with Crippen molar-refractivity contribution in [2.24, 2.45) is 0 Å². The molecule has 1 atom stereocenters. The van der Waals surface area contributed by atoms with Crippen LogP contribution in [0.1, 0.15) is 54.5 Å². The van der Waals surface area contributed by atoms with Crippen LogP contribution in [0.25, 0.3) is 0 Å². The van der Waals surface area contributed by atoms with E-state index in [9.17, 15) is 9.18 Å². The number of hydrogen-bond acceptors (Lipinski definition) is 4. The third-order valence-electron chi connectivity index (χ3n) is 5.18. The molecule has 5 nitrogen and oxygen atoms in total. The lowest BCUT2D eigenvalue weighted by Gasteiger charge is -2.17. The van der Waals surface area contributed by atoms with Crippen LogP contribution in [-0.4, -0.2) is 39.9 Å². The summed E-state index contributed by atoms with van der Waals surface area (Å²) in [6, 6.07) is 6.81. The SMILES string of the molecule is Cc1nc([C@H]2CCN(Cc3ccc(F)cc3)C2)nc(C)c1CC(=O)NC(C)C. The second-order valence-electron chi connectivity index (χ2n) is 7.98. The third-order valence-corrected chi connectivity index (χ3v) is 5.18. The predicted octanol–water partition coefficient (Wildman–Crippen LogP) is 3.29. The average Bonchev–Trinajstić information content (AvgIpc) is 3.08. The molecule has 1 N–H and O–H groups in total. The number of carbonyl (C=O) groups excluding carboxylic acids is 1. The minimum absolute atomic E-state index is 0.00360. The van der Waals surface area contributed by atoms with Crippen molar-refractivity contribution in [3.05, 3.63) is 58.4 Å². The van der Waals surface area contributed by atoms with E-state index in [2.05, 4.69) is 10.2 Å². The summed E-state index contributed by atoms with van der Waals surface area (Å²) in [4.78, 5) is 23.9. The number of aryl methyl sites for hydroxylation is 2. The maximum atomic E-state index is 13.1. The smallest absolute Gasteiger partial charge is 0.224 e. The molecule has 150 valence electrons. The van der Waals surface area contributed by atoms with Crippen molar-refractivity contribution in [3.63, 3.8) is 0 Å². The molecule has 1 fully saturated rings. The van der Waals surface area contributed by atoms with Gasteiger partial charge in [0.15, 0.2) is 0 Å². The van der Waals surface area contributed by atoms with Gasteiger partial charge < -0.3 is 5.32 Å². The van der Waals surface area contributed by atoms with Crippen LogP contribution < -0.4 is 5.32 Å². The van der Waals surface area contributed by atoms with E-state index in [4.69, 9.17) is 9.97 Å². The van der Waals surface area contributed by atoms with Gasteiger partial charge in [-0.15, -0.1) is 0 Å². The van der Waals surface area contributed by atoms with Crippen molar-refractivity contribution >= 4 is 5.91 Å². The van der Waals surface area contributed by atoms with Gasteiger partial charge in [-0.3, -0.25) is 9.69 Å². The summed E-state index contributed by atoms with van der Waals surface area (Å²) >= 11 is 0. The van der Waals surface area contributed by atoms with E-state index in [0.29, 0.717) is 6.42 Å². The lowest BCUT2D eigenvalue weighted by molar-refractivity contribution is -0.120. The van der Waals surface area contributed by atoms with Crippen LogP contribution in [-0.2, 0) is 17.8 Å². The number of halogens is 1. The molecule has 6 heteroatoms. The highest BCUT2D eigenvalue weighted by Gasteiger charge is 2.27. The van der Waals surface area contributed by atoms with Gasteiger partial charge in [0.2, 0.25) is 5.91 Å². The van der Waals surface area contributed by atoms with Gasteiger partial charge in [-0.1, -0.05) is 12.1 Å². The van der Waals surface area contributed by atoms with Crippen molar-refractivity contribution in [3.8, 4) is 0 Å². The molecular formula is C22H29FN4O. The molecule has 1 aromatic carbocycles. The highest BCUT2D eigenvalue weighted by molar-refractivity contribution is 5.79. The fourth-order valence-corrected chi connectivity index (χ4v) is 3.77. The van der Waals surface area contributed by atoms with Gasteiger partial charge in [-0.25, -0.2) is 14.4 Å². The second-order valence-corrected chi connectivity index (χ2v) is 7.98. The zero-order valence-corrected chi connectivity index (χ0v) is 17.1. The number of carbonyl (C=O) groups is 1. The first-order valence-corrected chi connectivity index (χ1v) is 9.92. The number of nitrogens with zero attached hydrogens (tertiary/aromatic N) is 3. The lowest BCUT2D eigenvalue weighted by Crippen LogP contribution is -2.32. The molecule has 1 aliphatic rings. The summed E-state index contributed by atoms with van der Waals surface area (Å²) in [7, 11) is 0. The normalized spacial score (nSPS) is 17.3. The Morgan fingerprint density at radius 1 is 1.21 bits per heavy atom. The summed E-state index contributed by atoms with van der Waals surface area (Å²) in [5.41, 5.74) is 3.81. The molecule has 3 rings (SSSR count). The molecule has 1 aliphatic heterocycles. The molecule has 1 aromatic heterocycles. The molecule has 0 saturated carbocycles. The van der Waals surface area contributed by atoms with E-state index in [-0.39, 0.29) is 23.7 Å². The maximum Gasteiger partial charge on any atom is 0.224 e. The van der Waals surface area contributed by atoms with Gasteiger partial charge in [-0.05, 0) is 58.4 Å². The molecule has 0 bridgehead atoms. The van der Waals surface area contributed by atoms with E-state index in [0.717, 1.165) is 54.4 Å². The largest absolute Gasteiger partial charge is 0.354 e. The first-order valence-electron chi connectivity index (χ1n) is 9.92. The zero-order chi connectivity index (χ0) is 20.3. The molecule has 0 radical (unpaired) electrons. The number of aromatic nitrogens is 2. The molecule has 0 unspecified atom stereocenters. The number of benzene rings is 1. The van der Waals surface area contributed by atoms with Crippen LogP contribution >= 0.6 is 0 Å². The number of rotatable bonds is 6. The minimum atomic E-state index is -0.204. The van der Waals surface area contributed by atoms with Crippen LogP contribution in [0.3, 0.4) is 0 Å². The zero-order valence-electron chi connectivity index (χ0n) is 17.1. The second kappa shape index (κ2) is 8.78. The van der Waals surface area contributed by atoms with Crippen molar-refractivity contribution in [2.45, 2.75) is 59.0 Å². The molecule has 1 amide bonds. The van der Waals surface area contributed by atoms with Crippen molar-refractivity contribution in [1.82, 2.24) is 20.2 Å². The van der Waals surface area contributed by atoms with E-state index >= 15 is 0 Å². The Bertz CT molecular complexity index is 812. The highest BCUT2D eigenvalue weighted by atomic mass is 19.1. The van der Waals surface area contributed by atoms with Crippen LogP contribution in [0, 0.1) is 19.7 Å². The van der Waals surface area contributed by atoms with Crippen LogP contribution in [0.2, 0.25) is 0 Å². The maximum absolute atomic E-state index is 13.1. The predicted molar refractivity (Wildman–Crippen MR) is 108 cm³/mol. The minimum Gasteiger partial charge on any atom is -0.354 e. The molecule has 2 aromatic rings. The standard InChI is InChI=1S/C22H29FN4O/c1-14(2)24-21(28)11-20-15(3)25-22(26-16(20)4)18-9-10-27(13-18)12-17-5-7-19(23)8-6-17/h5-8,14,18H,9-13H2,1-4H3,(H,24,28)/t18-/m0/s1. The molecule has 1 saturated heterocycles. The van der Waals surface area contributed by atoms with Crippen LogP contribution in [0.15, 0.2) is 24.3 Å². The average molecular weight is 384 g/mol. The number of nitrogens with one attached hydrogen (secondary N) is 1. The van der Waals surface area contributed by atoms with E-state index in [1.54, 1.807) is 0 Å². The molecule has 0 aliphatic carbocycles. The number of likely N-dealkylation sites (tertiary alicyclic amines) is 1. The Kier molecular flexibility index (Phi) is 6.39. The quantitative estimate of drug-likeness (QED) is 0.830. The van der Waals surface area contributed by atoms with Crippen LogP contribution in [0.4, 0.5) is 4.39 Å². The topological polar surface area (TPSA) is 58.1 Å². The van der Waals surface area contributed by atoms with Gasteiger partial charge in [0.05, 0.1) is 6.42 Å². The van der Waals surface area contributed by atoms with Gasteiger partial charge >= 0.3 is 0 Å². The van der Waals surface area contributed by atoms with E-state index in [1.807, 2.05) is 39.8 Å². The summed E-state index contributed by atoms with van der Waals surface area (Å²) < 4.78 is 13.1. The number of hydrogen-bond donors (Lipinski definition) is 1. The van der Waals surface area contributed by atoms with Gasteiger partial charge in [-0.2, -0.15) is 0 Å². The summed E-state index contributed by atoms with van der Waals surface area (Å²) in [6.07, 6.45) is 1.32. The Morgan fingerprint density at radius 2 is 1.86 bits per heavy atom. The van der Waals surface area contributed by atoms with Crippen molar-refractivity contribution < 1.29 is 9.18 Å². The Hall–Kier alpha value is -2.34. The van der Waals surface area contributed by atoms with E-state index in [1.165, 1.54) is 12.1 Å². The third kappa shape index (κ3) is 5.13. The lowest BCUT2D eigenvalue weighted by atomic mass is 10.0. The highest BCUT2D eigenvalue weighted by Crippen LogP contribution is 2.27. The van der Waals surface area contributed by atoms with Gasteiger partial charge in [0, 0.05) is 42.0 Å². The van der Waals surface area contributed by atoms with Crippen molar-refractivity contribution in [1.29, 1.82) is 0 Å². The Labute approximate surface area is 166 Å². The van der Waals surface area contributed by atoms with Gasteiger partial charge in [0.25, 0.3) is 0 Å². The molecule has 0 spiro atoms. The Balaban J connectivity index is 1.65. The van der Waals surface area contributed by atoms with Crippen LogP contribution in [0.5, 0.6) is 0 Å². The summed E-state index contributed by atoms with van der Waals surface area (Å²) in [6.45, 7) is 10.5. The molecular weight excluding hydrogens is 355 g/mol. The summed E-state index contributed by atoms with van der Waals surface area (Å²) in [5, 5.41) is 2.92. The van der Waals surface area contributed by atoms with Gasteiger partial charge in [0.1, 0.15) is 11.6 Å². The first kappa shape index (κ1) is 20.4. The monoisotopic (exact) mass is 384 g/mol. The fourth-order valence-electron chi connectivity index (χ4n) is 3.77. The molecule has 28 heavy (non-hydrogen) atoms.